The Balaban J connectivity index is 1.45. The minimum Gasteiger partial charge on any atom is -0.377 e. The first kappa shape index (κ1) is 18.2. The van der Waals surface area contributed by atoms with E-state index in [9.17, 15) is 18.0 Å². The SMILES string of the molecule is O=C1c2cccnc2C(=O)N1Cc1ccc(S(=O)(=O)NCC2CCCO2)s1. The summed E-state index contributed by atoms with van der Waals surface area (Å²) < 4.78 is 33.0. The van der Waals surface area contributed by atoms with Crippen LogP contribution in [0.4, 0.5) is 0 Å². The van der Waals surface area contributed by atoms with Gasteiger partial charge in [0.15, 0.2) is 0 Å². The highest BCUT2D eigenvalue weighted by molar-refractivity contribution is 7.91. The lowest BCUT2D eigenvalue weighted by Gasteiger charge is -2.12. The summed E-state index contributed by atoms with van der Waals surface area (Å²) in [6, 6.07) is 6.25. The van der Waals surface area contributed by atoms with Gasteiger partial charge in [0.2, 0.25) is 10.0 Å². The molecule has 0 spiro atoms. The number of hydrogen-bond donors (Lipinski definition) is 1. The van der Waals surface area contributed by atoms with Crippen molar-refractivity contribution < 1.29 is 22.7 Å². The van der Waals surface area contributed by atoms with Crippen LogP contribution in [-0.4, -0.2) is 49.4 Å². The molecule has 2 aromatic heterocycles. The molecule has 4 rings (SSSR count). The molecule has 8 nitrogen and oxygen atoms in total. The second-order valence-corrected chi connectivity index (χ2v) is 9.47. The van der Waals surface area contributed by atoms with Gasteiger partial charge in [-0.05, 0) is 37.1 Å². The molecule has 0 bridgehead atoms. The number of carbonyl (C=O) groups excluding carboxylic acids is 2. The summed E-state index contributed by atoms with van der Waals surface area (Å²) >= 11 is 1.03. The number of pyridine rings is 1. The monoisotopic (exact) mass is 407 g/mol. The van der Waals surface area contributed by atoms with E-state index in [4.69, 9.17) is 4.74 Å². The number of fused-ring (bicyclic) bond motifs is 1. The maximum absolute atomic E-state index is 12.4. The fraction of sp³-hybridized carbons (Fsp3) is 0.353. The first-order valence-corrected chi connectivity index (χ1v) is 10.8. The van der Waals surface area contributed by atoms with E-state index in [0.29, 0.717) is 11.5 Å². The number of hydrogen-bond acceptors (Lipinski definition) is 7. The molecule has 2 aromatic rings. The van der Waals surface area contributed by atoms with Gasteiger partial charge >= 0.3 is 0 Å². The fourth-order valence-electron chi connectivity index (χ4n) is 3.08. The molecule has 142 valence electrons. The van der Waals surface area contributed by atoms with Gasteiger partial charge in [-0.1, -0.05) is 0 Å². The molecule has 1 unspecified atom stereocenters. The average molecular weight is 407 g/mol. The lowest BCUT2D eigenvalue weighted by Crippen LogP contribution is -2.31. The van der Waals surface area contributed by atoms with E-state index in [-0.39, 0.29) is 34.7 Å². The largest absolute Gasteiger partial charge is 0.377 e. The normalized spacial score (nSPS) is 19.7. The number of amides is 2. The van der Waals surface area contributed by atoms with Crippen molar-refractivity contribution in [2.45, 2.75) is 29.7 Å². The van der Waals surface area contributed by atoms with Gasteiger partial charge in [0.25, 0.3) is 11.8 Å². The van der Waals surface area contributed by atoms with E-state index in [0.717, 1.165) is 29.1 Å². The number of aromatic nitrogens is 1. The number of nitrogens with one attached hydrogen (secondary N) is 1. The molecule has 1 atom stereocenters. The predicted octanol–water partition coefficient (Wildman–Crippen LogP) is 1.40. The topological polar surface area (TPSA) is 106 Å². The first-order valence-electron chi connectivity index (χ1n) is 8.47. The highest BCUT2D eigenvalue weighted by Gasteiger charge is 2.37. The molecule has 2 aliphatic rings. The van der Waals surface area contributed by atoms with E-state index in [2.05, 4.69) is 9.71 Å². The van der Waals surface area contributed by atoms with Gasteiger partial charge in [0.05, 0.1) is 18.2 Å². The van der Waals surface area contributed by atoms with Gasteiger partial charge in [0.1, 0.15) is 9.90 Å². The van der Waals surface area contributed by atoms with Crippen molar-refractivity contribution in [3.8, 4) is 0 Å². The molecule has 0 aromatic carbocycles. The summed E-state index contributed by atoms with van der Waals surface area (Å²) in [4.78, 5) is 30.4. The van der Waals surface area contributed by atoms with Gasteiger partial charge in [0, 0.05) is 24.2 Å². The van der Waals surface area contributed by atoms with E-state index in [1.165, 1.54) is 12.3 Å². The third-order valence-corrected chi connectivity index (χ3v) is 7.46. The molecule has 0 saturated carbocycles. The molecule has 10 heteroatoms. The van der Waals surface area contributed by atoms with Crippen molar-refractivity contribution in [2.24, 2.45) is 0 Å². The van der Waals surface area contributed by atoms with Crippen LogP contribution in [0.3, 0.4) is 0 Å². The summed E-state index contributed by atoms with van der Waals surface area (Å²) in [5.41, 5.74) is 0.398. The lowest BCUT2D eigenvalue weighted by atomic mass is 10.2. The number of thiophene rings is 1. The van der Waals surface area contributed by atoms with Crippen molar-refractivity contribution in [3.63, 3.8) is 0 Å². The Kier molecular flexibility index (Phi) is 4.81. The number of carbonyl (C=O) groups is 2. The van der Waals surface area contributed by atoms with Gasteiger partial charge in [-0.3, -0.25) is 19.5 Å². The summed E-state index contributed by atoms with van der Waals surface area (Å²) in [7, 11) is -3.65. The Morgan fingerprint density at radius 1 is 1.26 bits per heavy atom. The molecule has 2 amide bonds. The Bertz CT molecular complexity index is 961. The van der Waals surface area contributed by atoms with Crippen LogP contribution in [-0.2, 0) is 21.3 Å². The number of sulfonamides is 1. The van der Waals surface area contributed by atoms with Crippen molar-refractivity contribution in [2.75, 3.05) is 13.2 Å². The summed E-state index contributed by atoms with van der Waals surface area (Å²) in [6.45, 7) is 0.907. The second-order valence-electron chi connectivity index (χ2n) is 6.30. The van der Waals surface area contributed by atoms with Crippen LogP contribution in [0.2, 0.25) is 0 Å². The van der Waals surface area contributed by atoms with Crippen LogP contribution in [0.25, 0.3) is 0 Å². The maximum atomic E-state index is 12.4. The highest BCUT2D eigenvalue weighted by Crippen LogP contribution is 2.27. The number of nitrogens with zero attached hydrogens (tertiary/aromatic N) is 2. The zero-order chi connectivity index (χ0) is 19.0. The van der Waals surface area contributed by atoms with Crippen LogP contribution in [0.15, 0.2) is 34.7 Å². The number of imide groups is 1. The predicted molar refractivity (Wildman–Crippen MR) is 96.9 cm³/mol. The van der Waals surface area contributed by atoms with Gasteiger partial charge in [-0.2, -0.15) is 0 Å². The van der Waals surface area contributed by atoms with Crippen LogP contribution in [0.5, 0.6) is 0 Å². The van der Waals surface area contributed by atoms with E-state index >= 15 is 0 Å². The molecular formula is C17H17N3O5S2. The standard InChI is InChI=1S/C17H17N3O5S2/c21-16-13-4-1-7-18-15(13)17(22)20(16)10-12-5-6-14(26-12)27(23,24)19-9-11-3-2-8-25-11/h1,4-7,11,19H,2-3,8-10H2. The molecule has 1 fully saturated rings. The third-order valence-electron chi connectivity index (χ3n) is 4.47. The van der Waals surface area contributed by atoms with Crippen LogP contribution in [0.1, 0.15) is 38.6 Å². The minimum atomic E-state index is -3.65. The van der Waals surface area contributed by atoms with Crippen LogP contribution in [0, 0.1) is 0 Å². The molecule has 4 heterocycles. The molecule has 1 saturated heterocycles. The fourth-order valence-corrected chi connectivity index (χ4v) is 5.54. The molecule has 27 heavy (non-hydrogen) atoms. The quantitative estimate of drug-likeness (QED) is 0.726. The molecule has 1 N–H and O–H groups in total. The number of rotatable bonds is 6. The first-order chi connectivity index (χ1) is 13.0. The minimum absolute atomic E-state index is 0.0138. The van der Waals surface area contributed by atoms with Crippen molar-refractivity contribution in [1.82, 2.24) is 14.6 Å². The Labute approximate surface area is 160 Å². The third kappa shape index (κ3) is 3.53. The maximum Gasteiger partial charge on any atom is 0.280 e. The van der Waals surface area contributed by atoms with Gasteiger partial charge in [-0.15, -0.1) is 11.3 Å². The van der Waals surface area contributed by atoms with E-state index in [1.807, 2.05) is 0 Å². The van der Waals surface area contributed by atoms with E-state index < -0.39 is 21.8 Å². The summed E-state index contributed by atoms with van der Waals surface area (Å²) in [5.74, 6) is -0.887. The molecular weight excluding hydrogens is 390 g/mol. The van der Waals surface area contributed by atoms with E-state index in [1.54, 1.807) is 18.2 Å². The highest BCUT2D eigenvalue weighted by atomic mass is 32.2. The second kappa shape index (κ2) is 7.12. The van der Waals surface area contributed by atoms with Crippen molar-refractivity contribution in [1.29, 1.82) is 0 Å². The average Bonchev–Trinajstić information content (AvgIpc) is 3.39. The summed E-state index contributed by atoms with van der Waals surface area (Å²) in [6.07, 6.45) is 3.14. The van der Waals surface area contributed by atoms with Crippen LogP contribution < -0.4 is 4.72 Å². The van der Waals surface area contributed by atoms with Crippen molar-refractivity contribution >= 4 is 33.2 Å². The van der Waals surface area contributed by atoms with Crippen molar-refractivity contribution in [3.05, 3.63) is 46.6 Å². The Hall–Kier alpha value is -2.14. The van der Waals surface area contributed by atoms with Gasteiger partial charge in [-0.25, -0.2) is 13.1 Å². The molecule has 2 aliphatic heterocycles. The number of ether oxygens (including phenoxy) is 1. The Morgan fingerprint density at radius 3 is 2.85 bits per heavy atom. The zero-order valence-corrected chi connectivity index (χ0v) is 15.9. The van der Waals surface area contributed by atoms with Gasteiger partial charge < -0.3 is 4.74 Å². The molecule has 0 radical (unpaired) electrons. The zero-order valence-electron chi connectivity index (χ0n) is 14.3. The van der Waals surface area contributed by atoms with Crippen LogP contribution >= 0.6 is 11.3 Å². The summed E-state index contributed by atoms with van der Waals surface area (Å²) in [5, 5.41) is 0. The lowest BCUT2D eigenvalue weighted by molar-refractivity contribution is 0.0642. The smallest absolute Gasteiger partial charge is 0.280 e. The molecule has 0 aliphatic carbocycles. The Morgan fingerprint density at radius 2 is 2.11 bits per heavy atom.